The molecule has 0 saturated heterocycles. The molecule has 0 amide bonds. The van der Waals surface area contributed by atoms with E-state index in [4.69, 9.17) is 0 Å². The second-order valence-corrected chi connectivity index (χ2v) is 6.49. The number of benzene rings is 2. The third-order valence-corrected chi connectivity index (χ3v) is 4.77. The van der Waals surface area contributed by atoms with Crippen LogP contribution in [0.3, 0.4) is 0 Å². The summed E-state index contributed by atoms with van der Waals surface area (Å²) in [7, 11) is 0. The van der Waals surface area contributed by atoms with Gasteiger partial charge >= 0.3 is 0 Å². The van der Waals surface area contributed by atoms with Gasteiger partial charge in [-0.05, 0) is 30.2 Å². The molecule has 1 heterocycles. The molecule has 0 spiro atoms. The Balaban J connectivity index is 1.68. The number of nitrogens with one attached hydrogen (secondary N) is 1. The highest BCUT2D eigenvalue weighted by atomic mass is 79.9. The molecule has 110 valence electrons. The van der Waals surface area contributed by atoms with E-state index in [1.54, 1.807) is 17.6 Å². The van der Waals surface area contributed by atoms with Crippen LogP contribution in [0.5, 0.6) is 0 Å². The van der Waals surface area contributed by atoms with Crippen LogP contribution in [0.15, 0.2) is 63.5 Å². The van der Waals surface area contributed by atoms with Gasteiger partial charge in [0.1, 0.15) is 0 Å². The number of hydrogen-bond acceptors (Lipinski definition) is 4. The fourth-order valence-corrected chi connectivity index (χ4v) is 2.89. The number of anilines is 1. The van der Waals surface area contributed by atoms with Crippen molar-refractivity contribution in [2.45, 2.75) is 6.92 Å². The first kappa shape index (κ1) is 14.9. The van der Waals surface area contributed by atoms with Gasteiger partial charge in [-0.3, -0.25) is 5.43 Å². The molecule has 0 bridgehead atoms. The fraction of sp³-hybridized carbons (Fsp3) is 0.0588. The molecule has 22 heavy (non-hydrogen) atoms. The van der Waals surface area contributed by atoms with Crippen molar-refractivity contribution >= 4 is 38.6 Å². The van der Waals surface area contributed by atoms with E-state index in [1.807, 2.05) is 47.8 Å². The Hall–Kier alpha value is -1.98. The lowest BCUT2D eigenvalue weighted by molar-refractivity contribution is 1.29. The highest BCUT2D eigenvalue weighted by Gasteiger charge is 2.02. The molecule has 1 N–H and O–H groups in total. The van der Waals surface area contributed by atoms with E-state index in [2.05, 4.69) is 44.4 Å². The number of hydrogen-bond donors (Lipinski definition) is 1. The Morgan fingerprint density at radius 3 is 2.77 bits per heavy atom. The van der Waals surface area contributed by atoms with Crippen LogP contribution in [0.25, 0.3) is 11.3 Å². The molecule has 0 radical (unpaired) electrons. The molecular weight excluding hydrogens is 358 g/mol. The average Bonchev–Trinajstić information content (AvgIpc) is 3.01. The molecule has 5 heteroatoms. The molecule has 3 nitrogen and oxygen atoms in total. The first-order valence-corrected chi connectivity index (χ1v) is 8.46. The lowest BCUT2D eigenvalue weighted by atomic mass is 10.2. The number of aryl methyl sites for hydroxylation is 1. The number of nitrogens with zero attached hydrogens (tertiary/aromatic N) is 2. The quantitative estimate of drug-likeness (QED) is 0.497. The van der Waals surface area contributed by atoms with Crippen molar-refractivity contribution in [3.63, 3.8) is 0 Å². The minimum atomic E-state index is 0.781. The first-order valence-electron chi connectivity index (χ1n) is 6.78. The van der Waals surface area contributed by atoms with Crippen molar-refractivity contribution in [2.24, 2.45) is 5.10 Å². The highest BCUT2D eigenvalue weighted by Crippen LogP contribution is 2.24. The van der Waals surface area contributed by atoms with E-state index < -0.39 is 0 Å². The Bertz CT molecular complexity index is 797. The summed E-state index contributed by atoms with van der Waals surface area (Å²) < 4.78 is 1.10. The van der Waals surface area contributed by atoms with Crippen molar-refractivity contribution in [2.75, 3.05) is 5.43 Å². The van der Waals surface area contributed by atoms with Crippen LogP contribution in [-0.2, 0) is 0 Å². The smallest absolute Gasteiger partial charge is 0.203 e. The second kappa shape index (κ2) is 6.85. The molecule has 0 saturated carbocycles. The molecule has 3 rings (SSSR count). The second-order valence-electron chi connectivity index (χ2n) is 4.78. The van der Waals surface area contributed by atoms with Gasteiger partial charge in [0.2, 0.25) is 5.13 Å². The zero-order valence-corrected chi connectivity index (χ0v) is 14.4. The minimum Gasteiger partial charge on any atom is -0.253 e. The van der Waals surface area contributed by atoms with E-state index in [1.165, 1.54) is 5.56 Å². The molecule has 2 aromatic carbocycles. The summed E-state index contributed by atoms with van der Waals surface area (Å²) in [4.78, 5) is 4.53. The topological polar surface area (TPSA) is 37.3 Å². The third-order valence-electron chi connectivity index (χ3n) is 3.13. The predicted octanol–water partition coefficient (Wildman–Crippen LogP) is 5.33. The van der Waals surface area contributed by atoms with Crippen molar-refractivity contribution < 1.29 is 0 Å². The van der Waals surface area contributed by atoms with Crippen molar-refractivity contribution in [3.05, 3.63) is 69.5 Å². The lowest BCUT2D eigenvalue weighted by Crippen LogP contribution is -1.91. The van der Waals surface area contributed by atoms with E-state index in [0.717, 1.165) is 26.4 Å². The minimum absolute atomic E-state index is 0.781. The maximum atomic E-state index is 4.53. The molecule has 1 aromatic heterocycles. The first-order chi connectivity index (χ1) is 10.7. The van der Waals surface area contributed by atoms with E-state index in [-0.39, 0.29) is 0 Å². The Kier molecular flexibility index (Phi) is 4.65. The van der Waals surface area contributed by atoms with Gasteiger partial charge in [-0.2, -0.15) is 5.10 Å². The monoisotopic (exact) mass is 371 g/mol. The van der Waals surface area contributed by atoms with Gasteiger partial charge in [0.05, 0.1) is 11.9 Å². The van der Waals surface area contributed by atoms with Crippen molar-refractivity contribution in [3.8, 4) is 11.3 Å². The fourth-order valence-electron chi connectivity index (χ4n) is 1.98. The summed E-state index contributed by atoms with van der Waals surface area (Å²) in [6.45, 7) is 2.06. The number of hydrazone groups is 1. The average molecular weight is 372 g/mol. The summed E-state index contributed by atoms with van der Waals surface area (Å²) in [5.41, 5.74) is 7.29. The van der Waals surface area contributed by atoms with E-state index in [0.29, 0.717) is 0 Å². The van der Waals surface area contributed by atoms with E-state index in [9.17, 15) is 0 Å². The van der Waals surface area contributed by atoms with Gasteiger partial charge in [0.15, 0.2) is 0 Å². The third kappa shape index (κ3) is 3.61. The number of halogens is 1. The molecular formula is C17H14BrN3S. The van der Waals surface area contributed by atoms with Crippen LogP contribution < -0.4 is 5.43 Å². The molecule has 0 atom stereocenters. The number of rotatable bonds is 4. The lowest BCUT2D eigenvalue weighted by Gasteiger charge is -1.99. The number of aromatic nitrogens is 1. The molecule has 0 fully saturated rings. The summed E-state index contributed by atoms with van der Waals surface area (Å²) in [5, 5.41) is 7.05. The highest BCUT2D eigenvalue weighted by molar-refractivity contribution is 9.10. The normalized spacial score (nSPS) is 11.0. The van der Waals surface area contributed by atoms with Crippen LogP contribution in [0.1, 0.15) is 11.1 Å². The Labute approximate surface area is 141 Å². The summed E-state index contributed by atoms with van der Waals surface area (Å²) in [6, 6.07) is 16.2. The number of thiazole rings is 1. The summed E-state index contributed by atoms with van der Waals surface area (Å²) in [6.07, 6.45) is 1.79. The van der Waals surface area contributed by atoms with Gasteiger partial charge in [-0.25, -0.2) is 4.98 Å². The predicted molar refractivity (Wildman–Crippen MR) is 97.6 cm³/mol. The summed E-state index contributed by atoms with van der Waals surface area (Å²) in [5.74, 6) is 0. The van der Waals surface area contributed by atoms with Gasteiger partial charge < -0.3 is 0 Å². The Morgan fingerprint density at radius 1 is 1.18 bits per heavy atom. The van der Waals surface area contributed by atoms with Crippen LogP contribution in [0.4, 0.5) is 5.13 Å². The van der Waals surface area contributed by atoms with Crippen molar-refractivity contribution in [1.29, 1.82) is 0 Å². The molecule has 0 aliphatic carbocycles. The van der Waals surface area contributed by atoms with Crippen LogP contribution in [0, 0.1) is 6.92 Å². The van der Waals surface area contributed by atoms with Crippen LogP contribution in [0.2, 0.25) is 0 Å². The van der Waals surface area contributed by atoms with Gasteiger partial charge in [0.25, 0.3) is 0 Å². The Morgan fingerprint density at radius 2 is 2.00 bits per heavy atom. The standard InChI is InChI=1S/C17H14BrN3S/c1-12-9-13(7-8-15(12)18)10-19-21-17-20-16(11-22-17)14-5-3-2-4-6-14/h2-11H,1H3,(H,20,21). The zero-order chi connectivity index (χ0) is 15.4. The van der Waals surface area contributed by atoms with E-state index >= 15 is 0 Å². The molecule has 0 aliphatic rings. The molecule has 3 aromatic rings. The van der Waals surface area contributed by atoms with Crippen LogP contribution >= 0.6 is 27.3 Å². The maximum Gasteiger partial charge on any atom is 0.203 e. The zero-order valence-electron chi connectivity index (χ0n) is 12.0. The summed E-state index contributed by atoms with van der Waals surface area (Å²) >= 11 is 5.03. The van der Waals surface area contributed by atoms with Crippen molar-refractivity contribution in [1.82, 2.24) is 4.98 Å². The van der Waals surface area contributed by atoms with Gasteiger partial charge in [0, 0.05) is 15.4 Å². The molecule has 0 unspecified atom stereocenters. The van der Waals surface area contributed by atoms with Gasteiger partial charge in [-0.1, -0.05) is 52.3 Å². The largest absolute Gasteiger partial charge is 0.253 e. The van der Waals surface area contributed by atoms with Gasteiger partial charge in [-0.15, -0.1) is 11.3 Å². The molecule has 0 aliphatic heterocycles. The van der Waals surface area contributed by atoms with Crippen LogP contribution in [-0.4, -0.2) is 11.2 Å². The maximum absolute atomic E-state index is 4.53. The SMILES string of the molecule is Cc1cc(C=NNc2nc(-c3ccccc3)cs2)ccc1Br.